The SMILES string of the molecule is O=c1[nH]c2cnccc2c(C(F)(F)F)c1I. The van der Waals surface area contributed by atoms with E-state index >= 15 is 0 Å². The summed E-state index contributed by atoms with van der Waals surface area (Å²) in [5.74, 6) is 0. The highest BCUT2D eigenvalue weighted by Gasteiger charge is 2.36. The van der Waals surface area contributed by atoms with Gasteiger partial charge in [0.2, 0.25) is 0 Å². The molecule has 2 heterocycles. The quantitative estimate of drug-likeness (QED) is 0.750. The normalized spacial score (nSPS) is 12.0. The average Bonchev–Trinajstić information content (AvgIpc) is 2.17. The lowest BCUT2D eigenvalue weighted by Crippen LogP contribution is -2.19. The number of aromatic amines is 1. The Labute approximate surface area is 101 Å². The van der Waals surface area contributed by atoms with Crippen molar-refractivity contribution in [2.75, 3.05) is 0 Å². The minimum Gasteiger partial charge on any atom is -0.320 e. The molecule has 0 amide bonds. The van der Waals surface area contributed by atoms with Gasteiger partial charge in [-0.25, -0.2) is 0 Å². The molecule has 3 nitrogen and oxygen atoms in total. The van der Waals surface area contributed by atoms with E-state index in [9.17, 15) is 18.0 Å². The number of rotatable bonds is 0. The standard InChI is InChI=1S/C9H4F3IN2O/c10-9(11,12)6-4-1-2-14-3-5(4)15-8(16)7(6)13/h1-3H,(H,15,16). The molecule has 0 aliphatic heterocycles. The summed E-state index contributed by atoms with van der Waals surface area (Å²) in [5.41, 5.74) is -1.58. The Balaban J connectivity index is 2.99. The molecule has 7 heteroatoms. The van der Waals surface area contributed by atoms with Crippen LogP contribution >= 0.6 is 22.6 Å². The van der Waals surface area contributed by atoms with Crippen molar-refractivity contribution in [2.24, 2.45) is 0 Å². The van der Waals surface area contributed by atoms with Crippen molar-refractivity contribution in [1.29, 1.82) is 0 Å². The Bertz CT molecular complexity index is 606. The van der Waals surface area contributed by atoms with E-state index in [0.717, 1.165) is 0 Å². The Hall–Kier alpha value is -1.12. The third-order valence-corrected chi connectivity index (χ3v) is 3.07. The molecule has 0 aliphatic rings. The lowest BCUT2D eigenvalue weighted by atomic mass is 10.1. The first-order chi connectivity index (χ1) is 7.41. The Morgan fingerprint density at radius 1 is 1.38 bits per heavy atom. The Kier molecular flexibility index (Phi) is 2.64. The van der Waals surface area contributed by atoms with E-state index in [-0.39, 0.29) is 14.5 Å². The predicted molar refractivity (Wildman–Crippen MR) is 60.1 cm³/mol. The van der Waals surface area contributed by atoms with E-state index in [1.807, 2.05) is 0 Å². The third-order valence-electron chi connectivity index (χ3n) is 2.04. The van der Waals surface area contributed by atoms with Crippen molar-refractivity contribution in [3.63, 3.8) is 0 Å². The summed E-state index contributed by atoms with van der Waals surface area (Å²) in [5, 5.41) is -0.0495. The predicted octanol–water partition coefficient (Wildman–Crippen LogP) is 2.55. The van der Waals surface area contributed by atoms with Crippen molar-refractivity contribution >= 4 is 33.5 Å². The van der Waals surface area contributed by atoms with Gasteiger partial charge < -0.3 is 4.98 Å². The highest BCUT2D eigenvalue weighted by Crippen LogP contribution is 2.35. The fourth-order valence-corrected chi connectivity index (χ4v) is 2.13. The van der Waals surface area contributed by atoms with Crippen molar-refractivity contribution in [1.82, 2.24) is 9.97 Å². The van der Waals surface area contributed by atoms with Crippen LogP contribution in [0, 0.1) is 3.57 Å². The lowest BCUT2D eigenvalue weighted by molar-refractivity contribution is -0.137. The molecule has 0 saturated carbocycles. The van der Waals surface area contributed by atoms with Crippen LogP contribution in [0.2, 0.25) is 0 Å². The first kappa shape index (κ1) is 11.4. The second-order valence-electron chi connectivity index (χ2n) is 3.06. The molecule has 16 heavy (non-hydrogen) atoms. The zero-order chi connectivity index (χ0) is 11.9. The van der Waals surface area contributed by atoms with Gasteiger partial charge in [0, 0.05) is 11.6 Å². The van der Waals surface area contributed by atoms with Crippen LogP contribution in [-0.4, -0.2) is 9.97 Å². The number of fused-ring (bicyclic) bond motifs is 1. The van der Waals surface area contributed by atoms with Crippen LogP contribution in [0.1, 0.15) is 5.56 Å². The number of H-pyrrole nitrogens is 1. The number of aromatic nitrogens is 2. The minimum absolute atomic E-state index is 0.0495. The van der Waals surface area contributed by atoms with E-state index in [4.69, 9.17) is 0 Å². The van der Waals surface area contributed by atoms with Crippen LogP contribution in [-0.2, 0) is 6.18 Å². The molecule has 0 spiro atoms. The van der Waals surface area contributed by atoms with Crippen molar-refractivity contribution in [3.8, 4) is 0 Å². The molecule has 2 aromatic rings. The highest BCUT2D eigenvalue weighted by atomic mass is 127. The maximum Gasteiger partial charge on any atom is 0.418 e. The topological polar surface area (TPSA) is 45.8 Å². The maximum atomic E-state index is 12.8. The van der Waals surface area contributed by atoms with Crippen LogP contribution in [0.4, 0.5) is 13.2 Å². The molecule has 2 aromatic heterocycles. The zero-order valence-electron chi connectivity index (χ0n) is 7.60. The van der Waals surface area contributed by atoms with Gasteiger partial charge in [-0.1, -0.05) is 0 Å². The van der Waals surface area contributed by atoms with E-state index in [0.29, 0.717) is 0 Å². The van der Waals surface area contributed by atoms with Crippen LogP contribution in [0.15, 0.2) is 23.3 Å². The first-order valence-electron chi connectivity index (χ1n) is 4.14. The molecule has 0 radical (unpaired) electrons. The van der Waals surface area contributed by atoms with Gasteiger partial charge in [0.1, 0.15) is 0 Å². The lowest BCUT2D eigenvalue weighted by Gasteiger charge is -2.11. The van der Waals surface area contributed by atoms with Crippen molar-refractivity contribution in [2.45, 2.75) is 6.18 Å². The molecule has 1 N–H and O–H groups in total. The number of alkyl halides is 3. The van der Waals surface area contributed by atoms with Gasteiger partial charge >= 0.3 is 6.18 Å². The van der Waals surface area contributed by atoms with Crippen LogP contribution < -0.4 is 5.56 Å². The summed E-state index contributed by atoms with van der Waals surface area (Å²) < 4.78 is 38.0. The number of hydrogen-bond acceptors (Lipinski definition) is 2. The number of pyridine rings is 2. The zero-order valence-corrected chi connectivity index (χ0v) is 9.76. The fraction of sp³-hybridized carbons (Fsp3) is 0.111. The molecular weight excluding hydrogens is 336 g/mol. The van der Waals surface area contributed by atoms with Crippen molar-refractivity contribution in [3.05, 3.63) is 37.9 Å². The van der Waals surface area contributed by atoms with Gasteiger partial charge in [-0.2, -0.15) is 13.2 Å². The first-order valence-corrected chi connectivity index (χ1v) is 5.22. The molecular formula is C9H4F3IN2O. The monoisotopic (exact) mass is 340 g/mol. The maximum absolute atomic E-state index is 12.8. The van der Waals surface area contributed by atoms with Gasteiger partial charge in [0.25, 0.3) is 5.56 Å². The third kappa shape index (κ3) is 1.79. The van der Waals surface area contributed by atoms with Crippen LogP contribution in [0.25, 0.3) is 10.9 Å². The average molecular weight is 340 g/mol. The molecule has 0 saturated heterocycles. The molecule has 0 aromatic carbocycles. The van der Waals surface area contributed by atoms with E-state index in [1.54, 1.807) is 0 Å². The number of nitrogens with zero attached hydrogens (tertiary/aromatic N) is 1. The van der Waals surface area contributed by atoms with Crippen LogP contribution in [0.5, 0.6) is 0 Å². The second-order valence-corrected chi connectivity index (χ2v) is 4.14. The summed E-state index contributed by atoms with van der Waals surface area (Å²) >= 11 is 1.39. The molecule has 84 valence electrons. The smallest absolute Gasteiger partial charge is 0.320 e. The number of halogens is 4. The van der Waals surface area contributed by atoms with Crippen LogP contribution in [0.3, 0.4) is 0 Å². The minimum atomic E-state index is -4.55. The van der Waals surface area contributed by atoms with E-state index < -0.39 is 17.3 Å². The fourth-order valence-electron chi connectivity index (χ4n) is 1.40. The second kappa shape index (κ2) is 3.72. The summed E-state index contributed by atoms with van der Waals surface area (Å²) in [6.07, 6.45) is -2.10. The summed E-state index contributed by atoms with van der Waals surface area (Å²) in [4.78, 5) is 17.3. The number of hydrogen-bond donors (Lipinski definition) is 1. The molecule has 0 atom stereocenters. The highest BCUT2D eigenvalue weighted by molar-refractivity contribution is 14.1. The summed E-state index contributed by atoms with van der Waals surface area (Å²) in [6, 6.07) is 1.23. The van der Waals surface area contributed by atoms with Gasteiger partial charge in [-0.3, -0.25) is 9.78 Å². The van der Waals surface area contributed by atoms with Crippen molar-refractivity contribution < 1.29 is 13.2 Å². The van der Waals surface area contributed by atoms with Gasteiger partial charge in [0.05, 0.1) is 20.8 Å². The van der Waals surface area contributed by atoms with E-state index in [2.05, 4.69) is 9.97 Å². The Morgan fingerprint density at radius 2 is 2.06 bits per heavy atom. The molecule has 0 bridgehead atoms. The molecule has 0 fully saturated rings. The van der Waals surface area contributed by atoms with Gasteiger partial charge in [-0.15, -0.1) is 0 Å². The van der Waals surface area contributed by atoms with Gasteiger partial charge in [-0.05, 0) is 28.7 Å². The molecule has 0 unspecified atom stereocenters. The summed E-state index contributed by atoms with van der Waals surface area (Å²) in [6.45, 7) is 0. The van der Waals surface area contributed by atoms with Gasteiger partial charge in [0.15, 0.2) is 0 Å². The molecule has 0 aliphatic carbocycles. The van der Waals surface area contributed by atoms with E-state index in [1.165, 1.54) is 41.1 Å². The largest absolute Gasteiger partial charge is 0.418 e. The molecule has 2 rings (SSSR count). The number of nitrogens with one attached hydrogen (secondary N) is 1. The summed E-state index contributed by atoms with van der Waals surface area (Å²) in [7, 11) is 0. The Morgan fingerprint density at radius 3 is 2.69 bits per heavy atom.